The number of fused-ring (bicyclic) bond motifs is 2. The molecule has 3 nitrogen and oxygen atoms in total. The van der Waals surface area contributed by atoms with Crippen LogP contribution < -0.4 is 5.73 Å². The standard InChI is InChI=1S/C19H29N3/c20-19-16-6-7-17(19)13-18(12-16)22-10-8-21(9-11-22)14-15-4-2-1-3-5-15/h1-5,16-19H,6-14,20H2. The van der Waals surface area contributed by atoms with Gasteiger partial charge >= 0.3 is 0 Å². The van der Waals surface area contributed by atoms with Crippen LogP contribution in [-0.4, -0.2) is 48.1 Å². The van der Waals surface area contributed by atoms with Crippen molar-refractivity contribution in [2.45, 2.75) is 44.3 Å². The lowest BCUT2D eigenvalue weighted by atomic mass is 9.81. The van der Waals surface area contributed by atoms with Crippen molar-refractivity contribution in [2.75, 3.05) is 26.2 Å². The molecule has 0 aromatic heterocycles. The van der Waals surface area contributed by atoms with E-state index in [1.165, 1.54) is 57.4 Å². The van der Waals surface area contributed by atoms with Gasteiger partial charge in [-0.05, 0) is 43.1 Å². The summed E-state index contributed by atoms with van der Waals surface area (Å²) in [6.07, 6.45) is 5.49. The van der Waals surface area contributed by atoms with E-state index in [2.05, 4.69) is 40.1 Å². The molecule has 2 unspecified atom stereocenters. The summed E-state index contributed by atoms with van der Waals surface area (Å²) in [6, 6.07) is 12.2. The van der Waals surface area contributed by atoms with Crippen molar-refractivity contribution < 1.29 is 0 Å². The van der Waals surface area contributed by atoms with Gasteiger partial charge in [-0.3, -0.25) is 9.80 Å². The van der Waals surface area contributed by atoms with E-state index < -0.39 is 0 Å². The van der Waals surface area contributed by atoms with Crippen molar-refractivity contribution in [1.29, 1.82) is 0 Å². The van der Waals surface area contributed by atoms with Gasteiger partial charge in [-0.25, -0.2) is 0 Å². The van der Waals surface area contributed by atoms with Gasteiger partial charge in [0.25, 0.3) is 0 Å². The lowest BCUT2D eigenvalue weighted by Gasteiger charge is -2.43. The van der Waals surface area contributed by atoms with Gasteiger partial charge in [-0.15, -0.1) is 0 Å². The Morgan fingerprint density at radius 2 is 1.55 bits per heavy atom. The fraction of sp³-hybridized carbons (Fsp3) is 0.684. The first-order chi connectivity index (χ1) is 10.8. The van der Waals surface area contributed by atoms with Gasteiger partial charge in [0, 0.05) is 44.8 Å². The third-order valence-electron chi connectivity index (χ3n) is 6.32. The largest absolute Gasteiger partial charge is 0.327 e. The minimum absolute atomic E-state index is 0.510. The Bertz CT molecular complexity index is 467. The van der Waals surface area contributed by atoms with E-state index in [0.29, 0.717) is 6.04 Å². The Hall–Kier alpha value is -0.900. The second-order valence-electron chi connectivity index (χ2n) is 7.60. The molecule has 2 N–H and O–H groups in total. The molecule has 4 rings (SSSR count). The summed E-state index contributed by atoms with van der Waals surface area (Å²) in [5.74, 6) is 1.62. The lowest BCUT2D eigenvalue weighted by Crippen LogP contribution is -2.53. The number of nitrogens with two attached hydrogens (primary N) is 1. The first-order valence-corrected chi connectivity index (χ1v) is 9.05. The van der Waals surface area contributed by atoms with E-state index >= 15 is 0 Å². The highest BCUT2D eigenvalue weighted by Crippen LogP contribution is 2.42. The number of hydrogen-bond donors (Lipinski definition) is 1. The van der Waals surface area contributed by atoms with Gasteiger partial charge in [0.05, 0.1) is 0 Å². The Kier molecular flexibility index (Phi) is 4.21. The molecule has 3 heteroatoms. The minimum Gasteiger partial charge on any atom is -0.327 e. The number of piperazine rings is 1. The van der Waals surface area contributed by atoms with Crippen molar-refractivity contribution in [3.63, 3.8) is 0 Å². The maximum absolute atomic E-state index is 6.36. The zero-order valence-electron chi connectivity index (χ0n) is 13.5. The van der Waals surface area contributed by atoms with Crippen molar-refractivity contribution >= 4 is 0 Å². The highest BCUT2D eigenvalue weighted by atomic mass is 15.3. The Labute approximate surface area is 134 Å². The molecule has 1 saturated heterocycles. The fourth-order valence-corrected chi connectivity index (χ4v) is 4.97. The topological polar surface area (TPSA) is 32.5 Å². The van der Waals surface area contributed by atoms with Crippen LogP contribution in [0.2, 0.25) is 0 Å². The fourth-order valence-electron chi connectivity index (χ4n) is 4.97. The van der Waals surface area contributed by atoms with Crippen LogP contribution in [-0.2, 0) is 6.54 Å². The SMILES string of the molecule is NC1C2CCC1CC(N1CCN(Cc3ccccc3)CC1)C2. The Morgan fingerprint density at radius 1 is 0.909 bits per heavy atom. The average molecular weight is 299 g/mol. The summed E-state index contributed by atoms with van der Waals surface area (Å²) in [5.41, 5.74) is 7.80. The number of nitrogens with zero attached hydrogens (tertiary/aromatic N) is 2. The smallest absolute Gasteiger partial charge is 0.0234 e. The van der Waals surface area contributed by atoms with Gasteiger partial charge in [0.15, 0.2) is 0 Å². The van der Waals surface area contributed by atoms with Gasteiger partial charge in [0.1, 0.15) is 0 Å². The van der Waals surface area contributed by atoms with Crippen LogP contribution in [0, 0.1) is 11.8 Å². The number of rotatable bonds is 3. The van der Waals surface area contributed by atoms with Gasteiger partial charge < -0.3 is 5.73 Å². The van der Waals surface area contributed by atoms with Gasteiger partial charge in [0.2, 0.25) is 0 Å². The summed E-state index contributed by atoms with van der Waals surface area (Å²) in [6.45, 7) is 6.02. The zero-order valence-corrected chi connectivity index (χ0v) is 13.5. The van der Waals surface area contributed by atoms with Crippen LogP contribution in [0.4, 0.5) is 0 Å². The predicted molar refractivity (Wildman–Crippen MR) is 90.5 cm³/mol. The molecule has 3 aliphatic rings. The van der Waals surface area contributed by atoms with Gasteiger partial charge in [-0.1, -0.05) is 30.3 Å². The summed E-state index contributed by atoms with van der Waals surface area (Å²) < 4.78 is 0. The first-order valence-electron chi connectivity index (χ1n) is 9.05. The summed E-state index contributed by atoms with van der Waals surface area (Å²) in [7, 11) is 0. The van der Waals surface area contributed by atoms with Crippen LogP contribution >= 0.6 is 0 Å². The highest BCUT2D eigenvalue weighted by Gasteiger charge is 2.42. The summed E-state index contributed by atoms with van der Waals surface area (Å²) in [5, 5.41) is 0. The zero-order chi connectivity index (χ0) is 14.9. The monoisotopic (exact) mass is 299 g/mol. The molecule has 0 radical (unpaired) electrons. The molecule has 2 atom stereocenters. The molecule has 2 saturated carbocycles. The van der Waals surface area contributed by atoms with Crippen molar-refractivity contribution in [1.82, 2.24) is 9.80 Å². The number of benzene rings is 1. The second-order valence-corrected chi connectivity index (χ2v) is 7.60. The predicted octanol–water partition coefficient (Wildman–Crippen LogP) is 2.32. The van der Waals surface area contributed by atoms with Crippen molar-refractivity contribution in [3.05, 3.63) is 35.9 Å². The van der Waals surface area contributed by atoms with E-state index in [-0.39, 0.29) is 0 Å². The van der Waals surface area contributed by atoms with Crippen molar-refractivity contribution in [3.8, 4) is 0 Å². The third-order valence-corrected chi connectivity index (χ3v) is 6.32. The van der Waals surface area contributed by atoms with E-state index in [0.717, 1.165) is 24.4 Å². The molecule has 120 valence electrons. The van der Waals surface area contributed by atoms with Crippen LogP contribution in [0.1, 0.15) is 31.2 Å². The molecule has 3 fully saturated rings. The van der Waals surface area contributed by atoms with E-state index in [9.17, 15) is 0 Å². The second kappa shape index (κ2) is 6.31. The molecule has 22 heavy (non-hydrogen) atoms. The van der Waals surface area contributed by atoms with Crippen molar-refractivity contribution in [2.24, 2.45) is 17.6 Å². The molecule has 0 spiro atoms. The Morgan fingerprint density at radius 3 is 2.18 bits per heavy atom. The van der Waals surface area contributed by atoms with Crippen LogP contribution in [0.5, 0.6) is 0 Å². The van der Waals surface area contributed by atoms with E-state index in [1.807, 2.05) is 0 Å². The van der Waals surface area contributed by atoms with Gasteiger partial charge in [-0.2, -0.15) is 0 Å². The van der Waals surface area contributed by atoms with Crippen LogP contribution in [0.25, 0.3) is 0 Å². The van der Waals surface area contributed by atoms with E-state index in [1.54, 1.807) is 0 Å². The molecule has 1 aliphatic heterocycles. The van der Waals surface area contributed by atoms with Crippen LogP contribution in [0.15, 0.2) is 30.3 Å². The Balaban J connectivity index is 1.29. The third kappa shape index (κ3) is 2.94. The highest BCUT2D eigenvalue weighted by molar-refractivity contribution is 5.14. The minimum atomic E-state index is 0.510. The molecule has 2 bridgehead atoms. The maximum atomic E-state index is 6.36. The molecule has 1 heterocycles. The first kappa shape index (κ1) is 14.7. The molecule has 0 amide bonds. The summed E-state index contributed by atoms with van der Waals surface area (Å²) in [4.78, 5) is 5.37. The normalized spacial score (nSPS) is 36.6. The lowest BCUT2D eigenvalue weighted by molar-refractivity contribution is 0.0563. The average Bonchev–Trinajstić information content (AvgIpc) is 2.77. The maximum Gasteiger partial charge on any atom is 0.0234 e. The molecule has 2 aliphatic carbocycles. The molecular weight excluding hydrogens is 270 g/mol. The quantitative estimate of drug-likeness (QED) is 0.930. The van der Waals surface area contributed by atoms with Crippen LogP contribution in [0.3, 0.4) is 0 Å². The molecule has 1 aromatic carbocycles. The number of hydrogen-bond acceptors (Lipinski definition) is 3. The van der Waals surface area contributed by atoms with E-state index in [4.69, 9.17) is 5.73 Å². The molecule has 1 aromatic rings. The molecular formula is C19H29N3. The summed E-state index contributed by atoms with van der Waals surface area (Å²) >= 11 is 0.